The van der Waals surface area contributed by atoms with Crippen LogP contribution >= 0.6 is 0 Å². The topological polar surface area (TPSA) is 97.9 Å². The Balaban J connectivity index is 1.36. The molecule has 180 valence electrons. The smallest absolute Gasteiger partial charge is 0.437 e. The highest BCUT2D eigenvalue weighted by Gasteiger charge is 2.38. The first kappa shape index (κ1) is 22.6. The monoisotopic (exact) mass is 482 g/mol. The Morgan fingerprint density at radius 2 is 2.06 bits per heavy atom. The molecule has 2 N–H and O–H groups in total. The normalized spacial score (nSPS) is 13.6. The van der Waals surface area contributed by atoms with Crippen LogP contribution in [0.1, 0.15) is 34.6 Å². The fourth-order valence-corrected chi connectivity index (χ4v) is 3.51. The van der Waals surface area contributed by atoms with E-state index in [1.165, 1.54) is 12.8 Å². The van der Waals surface area contributed by atoms with Gasteiger partial charge in [-0.3, -0.25) is 4.79 Å². The molecule has 35 heavy (non-hydrogen) atoms. The summed E-state index contributed by atoms with van der Waals surface area (Å²) in [4.78, 5) is 21.1. The van der Waals surface area contributed by atoms with Gasteiger partial charge in [0.05, 0.1) is 17.6 Å². The van der Waals surface area contributed by atoms with Crippen molar-refractivity contribution in [1.82, 2.24) is 19.7 Å². The number of aromatic nitrogens is 4. The Bertz CT molecular complexity index is 1370. The van der Waals surface area contributed by atoms with Gasteiger partial charge in [0, 0.05) is 18.3 Å². The van der Waals surface area contributed by atoms with Crippen LogP contribution in [0.2, 0.25) is 0 Å². The summed E-state index contributed by atoms with van der Waals surface area (Å²) in [5.74, 6) is 0.611. The number of oxazole rings is 1. The van der Waals surface area contributed by atoms with Crippen LogP contribution < -0.4 is 10.6 Å². The molecular weight excluding hydrogens is 461 g/mol. The third-order valence-corrected chi connectivity index (χ3v) is 5.51. The molecule has 0 atom stereocenters. The van der Waals surface area contributed by atoms with Gasteiger partial charge in [-0.15, -0.1) is 0 Å². The lowest BCUT2D eigenvalue weighted by Crippen LogP contribution is -2.16. The molecular formula is C24H21F3N6O2. The van der Waals surface area contributed by atoms with Crippen LogP contribution in [0, 0.1) is 12.8 Å². The lowest BCUT2D eigenvalue weighted by Gasteiger charge is -2.06. The zero-order chi connectivity index (χ0) is 24.6. The van der Waals surface area contributed by atoms with Crippen LogP contribution in [0.3, 0.4) is 0 Å². The Hall–Kier alpha value is -4.15. The Morgan fingerprint density at radius 1 is 1.23 bits per heavy atom. The van der Waals surface area contributed by atoms with Crippen molar-refractivity contribution in [3.8, 4) is 17.1 Å². The SMILES string of the molecule is Cc1cccc(-n2cc(NC(=O)c3coc(-c4ccnc(NCC5CC5)c4)n3)c(C(F)(F)F)n2)c1. The van der Waals surface area contributed by atoms with Crippen LogP contribution in [-0.4, -0.2) is 32.2 Å². The second-order valence-corrected chi connectivity index (χ2v) is 8.42. The Labute approximate surface area is 198 Å². The number of benzene rings is 1. The molecule has 1 saturated carbocycles. The van der Waals surface area contributed by atoms with Gasteiger partial charge >= 0.3 is 6.18 Å². The van der Waals surface area contributed by atoms with Gasteiger partial charge in [-0.25, -0.2) is 14.6 Å². The van der Waals surface area contributed by atoms with Gasteiger partial charge in [0.25, 0.3) is 5.91 Å². The average molecular weight is 482 g/mol. The fraction of sp³-hybridized carbons (Fsp3) is 0.250. The molecule has 1 aliphatic carbocycles. The molecule has 1 amide bonds. The van der Waals surface area contributed by atoms with Crippen LogP contribution in [0.4, 0.5) is 24.7 Å². The Morgan fingerprint density at radius 3 is 2.80 bits per heavy atom. The maximum atomic E-state index is 13.6. The van der Waals surface area contributed by atoms with E-state index >= 15 is 0 Å². The molecule has 0 unspecified atom stereocenters. The molecule has 3 aromatic heterocycles. The number of hydrogen-bond acceptors (Lipinski definition) is 6. The molecule has 0 radical (unpaired) electrons. The minimum atomic E-state index is -4.77. The first-order valence-electron chi connectivity index (χ1n) is 11.0. The van der Waals surface area contributed by atoms with Crippen molar-refractivity contribution in [2.45, 2.75) is 25.9 Å². The molecule has 1 aromatic carbocycles. The number of carbonyl (C=O) groups excluding carboxylic acids is 1. The lowest BCUT2D eigenvalue weighted by molar-refractivity contribution is -0.140. The lowest BCUT2D eigenvalue weighted by atomic mass is 10.2. The largest absolute Gasteiger partial charge is 0.444 e. The molecule has 11 heteroatoms. The van der Waals surface area contributed by atoms with Crippen LogP contribution in [-0.2, 0) is 6.18 Å². The number of nitrogens with one attached hydrogen (secondary N) is 2. The zero-order valence-electron chi connectivity index (χ0n) is 18.6. The molecule has 1 fully saturated rings. The van der Waals surface area contributed by atoms with Gasteiger partial charge in [0.15, 0.2) is 11.4 Å². The summed E-state index contributed by atoms with van der Waals surface area (Å²) in [7, 11) is 0. The maximum absolute atomic E-state index is 13.6. The van der Waals surface area contributed by atoms with Gasteiger partial charge in [0.1, 0.15) is 12.1 Å². The third kappa shape index (κ3) is 5.18. The van der Waals surface area contributed by atoms with Crippen LogP contribution in [0.15, 0.2) is 59.5 Å². The number of aryl methyl sites for hydroxylation is 1. The van der Waals surface area contributed by atoms with E-state index < -0.39 is 23.5 Å². The third-order valence-electron chi connectivity index (χ3n) is 5.51. The highest BCUT2D eigenvalue weighted by molar-refractivity contribution is 6.03. The second kappa shape index (κ2) is 8.90. The number of nitrogens with zero attached hydrogens (tertiary/aromatic N) is 4. The average Bonchev–Trinajstić information content (AvgIpc) is 3.33. The van der Waals surface area contributed by atoms with E-state index in [-0.39, 0.29) is 11.6 Å². The summed E-state index contributed by atoms with van der Waals surface area (Å²) >= 11 is 0. The number of pyridine rings is 1. The molecule has 3 heterocycles. The van der Waals surface area contributed by atoms with Gasteiger partial charge in [0.2, 0.25) is 5.89 Å². The predicted octanol–water partition coefficient (Wildman–Crippen LogP) is 5.32. The zero-order valence-corrected chi connectivity index (χ0v) is 18.6. The summed E-state index contributed by atoms with van der Waals surface area (Å²) in [6.07, 6.45) is 1.44. The van der Waals surface area contributed by atoms with E-state index in [4.69, 9.17) is 4.42 Å². The van der Waals surface area contributed by atoms with E-state index in [1.54, 1.807) is 36.5 Å². The second-order valence-electron chi connectivity index (χ2n) is 8.42. The molecule has 0 aliphatic heterocycles. The number of halogens is 3. The summed E-state index contributed by atoms with van der Waals surface area (Å²) in [6.45, 7) is 2.64. The summed E-state index contributed by atoms with van der Waals surface area (Å²) in [5.41, 5.74) is 0.0136. The number of carbonyl (C=O) groups is 1. The Kier molecular flexibility index (Phi) is 5.75. The first-order valence-corrected chi connectivity index (χ1v) is 11.0. The van der Waals surface area contributed by atoms with Crippen molar-refractivity contribution < 1.29 is 22.4 Å². The van der Waals surface area contributed by atoms with Crippen LogP contribution in [0.25, 0.3) is 17.1 Å². The predicted molar refractivity (Wildman–Crippen MR) is 122 cm³/mol. The first-order chi connectivity index (χ1) is 16.8. The summed E-state index contributed by atoms with van der Waals surface area (Å²) < 4.78 is 47.3. The minimum Gasteiger partial charge on any atom is -0.444 e. The molecule has 4 aromatic rings. The van der Waals surface area contributed by atoms with E-state index in [0.29, 0.717) is 23.0 Å². The highest BCUT2D eigenvalue weighted by Crippen LogP contribution is 2.35. The molecule has 8 nitrogen and oxygen atoms in total. The number of amides is 1. The van der Waals surface area contributed by atoms with E-state index in [1.807, 2.05) is 13.0 Å². The summed E-state index contributed by atoms with van der Waals surface area (Å²) in [5, 5.41) is 9.16. The number of alkyl halides is 3. The number of hydrogen-bond donors (Lipinski definition) is 2. The minimum absolute atomic E-state index is 0.151. The summed E-state index contributed by atoms with van der Waals surface area (Å²) in [6, 6.07) is 10.2. The van der Waals surface area contributed by atoms with Crippen molar-refractivity contribution in [2.75, 3.05) is 17.2 Å². The molecule has 0 saturated heterocycles. The van der Waals surface area contributed by atoms with Crippen molar-refractivity contribution in [2.24, 2.45) is 5.92 Å². The maximum Gasteiger partial charge on any atom is 0.437 e. The van der Waals surface area contributed by atoms with Crippen molar-refractivity contribution in [3.05, 3.63) is 72.0 Å². The molecule has 0 spiro atoms. The van der Waals surface area contributed by atoms with E-state index in [2.05, 4.69) is 25.7 Å². The molecule has 1 aliphatic rings. The molecule has 5 rings (SSSR count). The van der Waals surface area contributed by atoms with Gasteiger partial charge in [-0.2, -0.15) is 18.3 Å². The quantitative estimate of drug-likeness (QED) is 0.370. The van der Waals surface area contributed by atoms with Crippen molar-refractivity contribution >= 4 is 17.4 Å². The van der Waals surface area contributed by atoms with Gasteiger partial charge in [-0.1, -0.05) is 12.1 Å². The van der Waals surface area contributed by atoms with Crippen molar-refractivity contribution in [1.29, 1.82) is 0 Å². The standard InChI is InChI=1S/C24H21F3N6O2/c1-14-3-2-4-17(9-14)33-12-18(21(32-33)24(25,26)27)30-22(34)19-13-35-23(31-19)16-7-8-28-20(10-16)29-11-15-5-6-15/h2-4,7-10,12-13,15H,5-6,11H2,1H3,(H,28,29)(H,30,34). The molecule has 0 bridgehead atoms. The van der Waals surface area contributed by atoms with Crippen LogP contribution in [0.5, 0.6) is 0 Å². The van der Waals surface area contributed by atoms with Gasteiger partial charge in [-0.05, 0) is 55.5 Å². The number of anilines is 2. The van der Waals surface area contributed by atoms with E-state index in [0.717, 1.165) is 29.3 Å². The van der Waals surface area contributed by atoms with E-state index in [9.17, 15) is 18.0 Å². The van der Waals surface area contributed by atoms with Crippen molar-refractivity contribution in [3.63, 3.8) is 0 Å². The van der Waals surface area contributed by atoms with Gasteiger partial charge < -0.3 is 15.1 Å². The highest BCUT2D eigenvalue weighted by atomic mass is 19.4. The fourth-order valence-electron chi connectivity index (χ4n) is 3.51. The number of rotatable bonds is 7.